The summed E-state index contributed by atoms with van der Waals surface area (Å²) in [5, 5.41) is 12.5. The number of ether oxygens (including phenoxy) is 4. The summed E-state index contributed by atoms with van der Waals surface area (Å²) in [6.07, 6.45) is 4.02. The zero-order chi connectivity index (χ0) is 45.8. The van der Waals surface area contributed by atoms with Gasteiger partial charge in [-0.25, -0.2) is 0 Å². The Morgan fingerprint density at radius 1 is 0.738 bits per heavy atom. The maximum atomic E-state index is 12.4. The van der Waals surface area contributed by atoms with Gasteiger partial charge < -0.3 is 28.5 Å². The minimum absolute atomic E-state index is 0.0187. The van der Waals surface area contributed by atoms with Crippen molar-refractivity contribution in [1.29, 1.82) is 0 Å². The van der Waals surface area contributed by atoms with Gasteiger partial charge in [0.2, 0.25) is 0 Å². The van der Waals surface area contributed by atoms with Crippen LogP contribution in [0.25, 0.3) is 0 Å². The van der Waals surface area contributed by atoms with Crippen molar-refractivity contribution in [1.82, 2.24) is 0 Å². The average molecular weight is 933 g/mol. The molecule has 1 unspecified atom stereocenters. The molecule has 0 amide bonds. The van der Waals surface area contributed by atoms with E-state index in [-0.39, 0.29) is 21.3 Å². The molecular formula is C56H72O6S2Si. The second-order valence-electron chi connectivity index (χ2n) is 19.7. The predicted molar refractivity (Wildman–Crippen MR) is 273 cm³/mol. The summed E-state index contributed by atoms with van der Waals surface area (Å²) in [5.41, 5.74) is 4.03. The van der Waals surface area contributed by atoms with E-state index in [1.807, 2.05) is 47.8 Å². The Balaban J connectivity index is 1.13. The largest absolute Gasteiger partial charge is 0.411 e. The van der Waals surface area contributed by atoms with Crippen molar-refractivity contribution in [3.05, 3.63) is 179 Å². The van der Waals surface area contributed by atoms with Gasteiger partial charge in [-0.2, -0.15) is 0 Å². The van der Waals surface area contributed by atoms with Crippen LogP contribution in [0.1, 0.15) is 107 Å². The summed E-state index contributed by atoms with van der Waals surface area (Å²) in [7, 11) is -2.24. The van der Waals surface area contributed by atoms with E-state index < -0.39 is 31.9 Å². The molecular weight excluding hydrogens is 861 g/mol. The molecule has 0 spiro atoms. The van der Waals surface area contributed by atoms with Gasteiger partial charge in [0.05, 0.1) is 47.8 Å². The highest BCUT2D eigenvalue weighted by Crippen LogP contribution is 2.54. The highest BCUT2D eigenvalue weighted by molar-refractivity contribution is 8.18. The number of aliphatic hydroxyl groups excluding tert-OH is 1. The van der Waals surface area contributed by atoms with Gasteiger partial charge in [-0.15, -0.1) is 23.5 Å². The Morgan fingerprint density at radius 2 is 1.26 bits per heavy atom. The van der Waals surface area contributed by atoms with Gasteiger partial charge in [-0.05, 0) is 97.3 Å². The van der Waals surface area contributed by atoms with Crippen molar-refractivity contribution in [2.75, 3.05) is 24.7 Å². The summed E-state index contributed by atoms with van der Waals surface area (Å²) in [6.45, 7) is 15.6. The van der Waals surface area contributed by atoms with E-state index in [4.69, 9.17) is 23.4 Å². The molecule has 2 heterocycles. The molecule has 0 saturated carbocycles. The van der Waals surface area contributed by atoms with Crippen LogP contribution in [-0.2, 0) is 35.6 Å². The third-order valence-corrected chi connectivity index (χ3v) is 21.4. The minimum atomic E-state index is -2.24. The van der Waals surface area contributed by atoms with Gasteiger partial charge in [0.15, 0.2) is 14.6 Å². The molecule has 6 nitrogen and oxygen atoms in total. The number of rotatable bonds is 21. The third kappa shape index (κ3) is 13.3. The smallest absolute Gasteiger partial charge is 0.192 e. The van der Waals surface area contributed by atoms with Crippen molar-refractivity contribution in [2.24, 2.45) is 0 Å². The van der Waals surface area contributed by atoms with Crippen LogP contribution in [0.4, 0.5) is 0 Å². The second-order valence-corrected chi connectivity index (χ2v) is 27.7. The first-order chi connectivity index (χ1) is 31.3. The van der Waals surface area contributed by atoms with E-state index >= 15 is 0 Å². The van der Waals surface area contributed by atoms with E-state index in [1.54, 1.807) is 0 Å². The molecule has 2 fully saturated rings. The van der Waals surface area contributed by atoms with Crippen LogP contribution in [0.2, 0.25) is 18.1 Å². The van der Waals surface area contributed by atoms with E-state index in [0.29, 0.717) is 39.1 Å². The molecule has 2 aliphatic rings. The van der Waals surface area contributed by atoms with Crippen molar-refractivity contribution in [3.8, 4) is 0 Å². The molecule has 348 valence electrons. The summed E-state index contributed by atoms with van der Waals surface area (Å²) in [6, 6.07) is 52.2. The van der Waals surface area contributed by atoms with Gasteiger partial charge in [0.25, 0.3) is 0 Å². The maximum Gasteiger partial charge on any atom is 0.192 e. The SMILES string of the molecule is CC(C)(C)[Si](C)(C)O[C@@](C)(C[C@@H]1CCOC(c2ccccc2)O1)CC1(C[C@@H](O)C[C@H](CCOC(c2ccccc2)(c2ccccc2)c2ccccc2)OCc2ccccc2)SCCCS1. The molecule has 5 aromatic rings. The molecule has 0 aromatic heterocycles. The molecule has 0 radical (unpaired) electrons. The fraction of sp³-hybridized carbons (Fsp3) is 0.464. The maximum absolute atomic E-state index is 12.4. The van der Waals surface area contributed by atoms with Crippen LogP contribution in [0, 0.1) is 0 Å². The van der Waals surface area contributed by atoms with E-state index in [0.717, 1.165) is 65.0 Å². The molecule has 0 aliphatic carbocycles. The lowest BCUT2D eigenvalue weighted by molar-refractivity contribution is -0.226. The Kier molecular flexibility index (Phi) is 17.4. The average Bonchev–Trinajstić information content (AvgIpc) is 3.30. The van der Waals surface area contributed by atoms with Crippen LogP contribution in [0.3, 0.4) is 0 Å². The summed E-state index contributed by atoms with van der Waals surface area (Å²) in [5.74, 6) is 2.12. The first-order valence-corrected chi connectivity index (χ1v) is 28.6. The van der Waals surface area contributed by atoms with E-state index in [9.17, 15) is 5.11 Å². The van der Waals surface area contributed by atoms with Crippen LogP contribution < -0.4 is 0 Å². The predicted octanol–water partition coefficient (Wildman–Crippen LogP) is 13.7. The van der Waals surface area contributed by atoms with Gasteiger partial charge in [0.1, 0.15) is 5.60 Å². The lowest BCUT2D eigenvalue weighted by Crippen LogP contribution is -2.53. The lowest BCUT2D eigenvalue weighted by atomic mass is 9.80. The molecule has 0 bridgehead atoms. The highest BCUT2D eigenvalue weighted by Gasteiger charge is 2.49. The number of benzene rings is 5. The Labute approximate surface area is 399 Å². The lowest BCUT2D eigenvalue weighted by Gasteiger charge is -2.50. The molecule has 5 atom stereocenters. The Bertz CT molecular complexity index is 2040. The molecule has 2 saturated heterocycles. The van der Waals surface area contributed by atoms with Crippen molar-refractivity contribution >= 4 is 31.8 Å². The van der Waals surface area contributed by atoms with Crippen molar-refractivity contribution < 1.29 is 28.5 Å². The number of hydrogen-bond acceptors (Lipinski definition) is 8. The zero-order valence-electron chi connectivity index (χ0n) is 39.5. The van der Waals surface area contributed by atoms with Gasteiger partial charge in [-0.3, -0.25) is 0 Å². The normalized spacial score (nSPS) is 20.1. The summed E-state index contributed by atoms with van der Waals surface area (Å²) in [4.78, 5) is 0. The van der Waals surface area contributed by atoms with Crippen LogP contribution in [0.15, 0.2) is 152 Å². The van der Waals surface area contributed by atoms with Gasteiger partial charge in [0, 0.05) is 12.0 Å². The van der Waals surface area contributed by atoms with Crippen LogP contribution in [-0.4, -0.2) is 66.1 Å². The minimum Gasteiger partial charge on any atom is -0.411 e. The number of thioether (sulfide) groups is 2. The summed E-state index contributed by atoms with van der Waals surface area (Å²) >= 11 is 4.04. The fourth-order valence-corrected chi connectivity index (χ4v) is 14.8. The first-order valence-electron chi connectivity index (χ1n) is 23.7. The Hall–Kier alpha value is -3.22. The standard InChI is InChI=1S/C56H72O6S2Si/c1-53(2,3)65(5,6)62-54(4,41-51-33-35-58-52(61-51)45-25-14-8-15-26-45)43-55(63-37-22-38-64-55)40-49(57)39-50(59-42-44-23-12-7-13-24-44)34-36-60-56(46-27-16-9-17-28-46,47-29-18-10-19-30-47)48-31-20-11-21-32-48/h7-21,23-32,49-52,57H,22,33-43H2,1-6H3/t49-,50-,51-,52?,54-/m0/s1. The molecule has 1 N–H and O–H groups in total. The molecule has 2 aliphatic heterocycles. The topological polar surface area (TPSA) is 66.4 Å². The quantitative estimate of drug-likeness (QED) is 0.0577. The monoisotopic (exact) mass is 932 g/mol. The zero-order valence-corrected chi connectivity index (χ0v) is 42.2. The Morgan fingerprint density at radius 3 is 1.80 bits per heavy atom. The fourth-order valence-electron chi connectivity index (χ4n) is 9.32. The molecule has 5 aromatic carbocycles. The third-order valence-electron chi connectivity index (χ3n) is 13.4. The van der Waals surface area contributed by atoms with Crippen molar-refractivity contribution in [2.45, 2.75) is 137 Å². The number of aliphatic hydroxyl groups is 1. The van der Waals surface area contributed by atoms with Crippen LogP contribution in [0.5, 0.6) is 0 Å². The second kappa shape index (κ2) is 22.7. The van der Waals surface area contributed by atoms with Gasteiger partial charge in [-0.1, -0.05) is 172 Å². The highest BCUT2D eigenvalue weighted by atomic mass is 32.2. The van der Waals surface area contributed by atoms with E-state index in [1.165, 1.54) is 0 Å². The van der Waals surface area contributed by atoms with E-state index in [2.05, 4.69) is 168 Å². The molecule has 7 rings (SSSR count). The number of hydrogen-bond donors (Lipinski definition) is 1. The summed E-state index contributed by atoms with van der Waals surface area (Å²) < 4.78 is 34.3. The molecule has 65 heavy (non-hydrogen) atoms. The van der Waals surface area contributed by atoms with Crippen LogP contribution >= 0.6 is 23.5 Å². The van der Waals surface area contributed by atoms with Crippen molar-refractivity contribution in [3.63, 3.8) is 0 Å². The van der Waals surface area contributed by atoms with Gasteiger partial charge >= 0.3 is 0 Å². The molecule has 9 heteroatoms. The first kappa shape index (κ1) is 49.7.